The van der Waals surface area contributed by atoms with Crippen molar-refractivity contribution >= 4 is 12.1 Å². The van der Waals surface area contributed by atoms with Crippen molar-refractivity contribution in [3.8, 4) is 0 Å². The first-order chi connectivity index (χ1) is 9.22. The van der Waals surface area contributed by atoms with Gasteiger partial charge in [0.05, 0.1) is 5.92 Å². The molecular formula is C16H13FO2. The van der Waals surface area contributed by atoms with Crippen LogP contribution in [0.1, 0.15) is 28.3 Å². The molecule has 0 aliphatic rings. The van der Waals surface area contributed by atoms with Crippen molar-refractivity contribution in [3.63, 3.8) is 0 Å². The predicted molar refractivity (Wildman–Crippen MR) is 70.6 cm³/mol. The van der Waals surface area contributed by atoms with Gasteiger partial charge in [-0.1, -0.05) is 42.5 Å². The molecule has 0 fully saturated rings. The van der Waals surface area contributed by atoms with E-state index in [0.717, 1.165) is 6.29 Å². The second-order valence-electron chi connectivity index (χ2n) is 4.24. The lowest BCUT2D eigenvalue weighted by molar-refractivity contribution is -0.108. The van der Waals surface area contributed by atoms with Crippen molar-refractivity contribution in [1.82, 2.24) is 0 Å². The van der Waals surface area contributed by atoms with Crippen LogP contribution >= 0.6 is 0 Å². The number of Topliss-reactive ketones (excluding diaryl/α,β-unsaturated/α-hetero) is 1. The Kier molecular flexibility index (Phi) is 4.18. The quantitative estimate of drug-likeness (QED) is 0.607. The van der Waals surface area contributed by atoms with Crippen LogP contribution in [0.5, 0.6) is 0 Å². The number of benzene rings is 2. The zero-order valence-corrected chi connectivity index (χ0v) is 10.3. The summed E-state index contributed by atoms with van der Waals surface area (Å²) in [5, 5.41) is 0. The van der Waals surface area contributed by atoms with E-state index < -0.39 is 5.92 Å². The molecule has 1 atom stereocenters. The standard InChI is InChI=1S/C16H13FO2/c17-14-8-6-12(7-9-14)15(10-11-18)16(19)13-4-2-1-3-5-13/h1-9,11,15H,10H2/t15-/m0/s1. The highest BCUT2D eigenvalue weighted by Gasteiger charge is 2.21. The Labute approximate surface area is 110 Å². The van der Waals surface area contributed by atoms with E-state index in [1.807, 2.05) is 6.07 Å². The summed E-state index contributed by atoms with van der Waals surface area (Å²) in [5.41, 5.74) is 1.21. The number of hydrogen-bond acceptors (Lipinski definition) is 2. The highest BCUT2D eigenvalue weighted by atomic mass is 19.1. The molecule has 2 nitrogen and oxygen atoms in total. The highest BCUT2D eigenvalue weighted by molar-refractivity contribution is 6.01. The molecular weight excluding hydrogens is 243 g/mol. The van der Waals surface area contributed by atoms with E-state index in [-0.39, 0.29) is 18.0 Å². The molecule has 0 aromatic heterocycles. The summed E-state index contributed by atoms with van der Waals surface area (Å²) >= 11 is 0. The summed E-state index contributed by atoms with van der Waals surface area (Å²) in [6.07, 6.45) is 0.814. The lowest BCUT2D eigenvalue weighted by Gasteiger charge is -2.13. The van der Waals surface area contributed by atoms with E-state index in [4.69, 9.17) is 0 Å². The number of rotatable bonds is 5. The average molecular weight is 256 g/mol. The van der Waals surface area contributed by atoms with Gasteiger partial charge in [0.25, 0.3) is 0 Å². The number of carbonyl (C=O) groups is 2. The van der Waals surface area contributed by atoms with Crippen LogP contribution in [0.15, 0.2) is 54.6 Å². The molecule has 0 N–H and O–H groups in total. The Bertz CT molecular complexity index is 561. The van der Waals surface area contributed by atoms with Crippen molar-refractivity contribution in [2.45, 2.75) is 12.3 Å². The predicted octanol–water partition coefficient (Wildman–Crippen LogP) is 3.38. The summed E-state index contributed by atoms with van der Waals surface area (Å²) in [6, 6.07) is 14.5. The van der Waals surface area contributed by atoms with E-state index in [9.17, 15) is 14.0 Å². The van der Waals surface area contributed by atoms with E-state index in [0.29, 0.717) is 11.1 Å². The molecule has 2 aromatic carbocycles. The molecule has 0 amide bonds. The number of carbonyl (C=O) groups excluding carboxylic acids is 2. The van der Waals surface area contributed by atoms with Crippen LogP contribution in [0.3, 0.4) is 0 Å². The van der Waals surface area contributed by atoms with Crippen LogP contribution in [0, 0.1) is 5.82 Å². The molecule has 2 rings (SSSR count). The minimum atomic E-state index is -0.555. The Balaban J connectivity index is 2.32. The topological polar surface area (TPSA) is 34.1 Å². The maximum Gasteiger partial charge on any atom is 0.170 e. The second-order valence-corrected chi connectivity index (χ2v) is 4.24. The van der Waals surface area contributed by atoms with Crippen molar-refractivity contribution in [2.75, 3.05) is 0 Å². The van der Waals surface area contributed by atoms with Gasteiger partial charge in [-0.2, -0.15) is 0 Å². The Morgan fingerprint density at radius 3 is 2.26 bits per heavy atom. The van der Waals surface area contributed by atoms with Gasteiger partial charge in [0.1, 0.15) is 12.1 Å². The van der Waals surface area contributed by atoms with Crippen LogP contribution in [0.4, 0.5) is 4.39 Å². The lowest BCUT2D eigenvalue weighted by atomic mass is 9.88. The minimum absolute atomic E-state index is 0.0966. The van der Waals surface area contributed by atoms with Gasteiger partial charge >= 0.3 is 0 Å². The Morgan fingerprint density at radius 2 is 1.68 bits per heavy atom. The average Bonchev–Trinajstić information content (AvgIpc) is 2.46. The number of hydrogen-bond donors (Lipinski definition) is 0. The molecule has 96 valence electrons. The molecule has 0 aliphatic heterocycles. The largest absolute Gasteiger partial charge is 0.303 e. The number of halogens is 1. The third-order valence-electron chi connectivity index (χ3n) is 2.98. The first-order valence-electron chi connectivity index (χ1n) is 6.00. The van der Waals surface area contributed by atoms with Crippen molar-refractivity contribution in [3.05, 3.63) is 71.5 Å². The van der Waals surface area contributed by atoms with Gasteiger partial charge in [0, 0.05) is 12.0 Å². The molecule has 0 aliphatic carbocycles. The van der Waals surface area contributed by atoms with Crippen LogP contribution in [-0.4, -0.2) is 12.1 Å². The monoisotopic (exact) mass is 256 g/mol. The Hall–Kier alpha value is -2.29. The van der Waals surface area contributed by atoms with E-state index in [1.165, 1.54) is 12.1 Å². The van der Waals surface area contributed by atoms with E-state index in [1.54, 1.807) is 36.4 Å². The Morgan fingerprint density at radius 1 is 1.05 bits per heavy atom. The third kappa shape index (κ3) is 3.13. The molecule has 0 heterocycles. The molecule has 0 saturated heterocycles. The maximum absolute atomic E-state index is 12.9. The molecule has 2 aromatic rings. The van der Waals surface area contributed by atoms with Crippen molar-refractivity contribution in [1.29, 1.82) is 0 Å². The van der Waals surface area contributed by atoms with E-state index in [2.05, 4.69) is 0 Å². The number of aldehydes is 1. The van der Waals surface area contributed by atoms with E-state index >= 15 is 0 Å². The number of ketones is 1. The van der Waals surface area contributed by atoms with Crippen LogP contribution < -0.4 is 0 Å². The first kappa shape index (κ1) is 13.1. The fraction of sp³-hybridized carbons (Fsp3) is 0.125. The normalized spacial score (nSPS) is 11.8. The van der Waals surface area contributed by atoms with Gasteiger partial charge in [0.2, 0.25) is 0 Å². The highest BCUT2D eigenvalue weighted by Crippen LogP contribution is 2.23. The van der Waals surface area contributed by atoms with Gasteiger partial charge in [-0.05, 0) is 17.7 Å². The van der Waals surface area contributed by atoms with Gasteiger partial charge < -0.3 is 4.79 Å². The second kappa shape index (κ2) is 6.05. The smallest absolute Gasteiger partial charge is 0.170 e. The van der Waals surface area contributed by atoms with Gasteiger partial charge in [-0.15, -0.1) is 0 Å². The summed E-state index contributed by atoms with van der Waals surface area (Å²) in [7, 11) is 0. The first-order valence-corrected chi connectivity index (χ1v) is 6.00. The van der Waals surface area contributed by atoms with Gasteiger partial charge in [-0.25, -0.2) is 4.39 Å². The zero-order valence-electron chi connectivity index (χ0n) is 10.3. The van der Waals surface area contributed by atoms with Crippen molar-refractivity contribution < 1.29 is 14.0 Å². The summed E-state index contributed by atoms with van der Waals surface area (Å²) in [5.74, 6) is -1.04. The maximum atomic E-state index is 12.9. The summed E-state index contributed by atoms with van der Waals surface area (Å²) in [4.78, 5) is 23.1. The van der Waals surface area contributed by atoms with Crippen LogP contribution in [0.2, 0.25) is 0 Å². The zero-order chi connectivity index (χ0) is 13.7. The summed E-state index contributed by atoms with van der Waals surface area (Å²) in [6.45, 7) is 0. The fourth-order valence-corrected chi connectivity index (χ4v) is 1.99. The minimum Gasteiger partial charge on any atom is -0.303 e. The molecule has 19 heavy (non-hydrogen) atoms. The molecule has 0 spiro atoms. The molecule has 0 unspecified atom stereocenters. The fourth-order valence-electron chi connectivity index (χ4n) is 1.99. The molecule has 0 saturated carbocycles. The molecule has 0 radical (unpaired) electrons. The van der Waals surface area contributed by atoms with Gasteiger partial charge in [0.15, 0.2) is 5.78 Å². The molecule has 0 bridgehead atoms. The van der Waals surface area contributed by atoms with Crippen molar-refractivity contribution in [2.24, 2.45) is 0 Å². The SMILES string of the molecule is O=CC[C@H](C(=O)c1ccccc1)c1ccc(F)cc1. The lowest BCUT2D eigenvalue weighted by Crippen LogP contribution is -2.13. The third-order valence-corrected chi connectivity index (χ3v) is 2.98. The van der Waals surface area contributed by atoms with Crippen LogP contribution in [-0.2, 0) is 4.79 Å². The molecule has 3 heteroatoms. The summed E-state index contributed by atoms with van der Waals surface area (Å²) < 4.78 is 12.9. The van der Waals surface area contributed by atoms with Gasteiger partial charge in [-0.3, -0.25) is 4.79 Å². The van der Waals surface area contributed by atoms with Crippen LogP contribution in [0.25, 0.3) is 0 Å².